The number of nitrogens with zero attached hydrogens (tertiary/aromatic N) is 3. The fourth-order valence-corrected chi connectivity index (χ4v) is 19.5. The highest BCUT2D eigenvalue weighted by molar-refractivity contribution is 7.20. The average molecular weight is 1010 g/mol. The van der Waals surface area contributed by atoms with Crippen LogP contribution in [0, 0.1) is 0 Å². The molecule has 3 aliphatic carbocycles. The van der Waals surface area contributed by atoms with E-state index in [1.165, 1.54) is 125 Å². The molecule has 0 aliphatic heterocycles. The molecule has 364 valence electrons. The van der Waals surface area contributed by atoms with Crippen molar-refractivity contribution in [2.45, 2.75) is 11.8 Å². The van der Waals surface area contributed by atoms with Crippen molar-refractivity contribution in [3.63, 3.8) is 0 Å². The molecule has 2 bridgehead atoms. The van der Waals surface area contributed by atoms with E-state index in [4.69, 9.17) is 0 Å². The molecule has 0 unspecified atom stereocenters. The minimum atomic E-state index is -3.10. The first kappa shape index (κ1) is 43.5. The fraction of sp³-hybridized carbons (Fsp3) is 0.0270. The lowest BCUT2D eigenvalue weighted by molar-refractivity contribution is 0.761. The average Bonchev–Trinajstić information content (AvgIpc) is 4.22. The molecular formula is C74H49N3Si. The monoisotopic (exact) mass is 1010 g/mol. The summed E-state index contributed by atoms with van der Waals surface area (Å²) in [6, 6.07) is 108. The summed E-state index contributed by atoms with van der Waals surface area (Å²) in [4.78, 5) is 0. The van der Waals surface area contributed by atoms with E-state index < -0.39 is 8.07 Å². The summed E-state index contributed by atoms with van der Waals surface area (Å²) in [6.45, 7) is 0. The first-order valence-electron chi connectivity index (χ1n) is 27.3. The van der Waals surface area contributed by atoms with Crippen molar-refractivity contribution in [2.75, 3.05) is 0 Å². The van der Waals surface area contributed by atoms with Gasteiger partial charge in [0.2, 0.25) is 0 Å². The molecule has 4 heteroatoms. The summed E-state index contributed by atoms with van der Waals surface area (Å²) in [5.74, 6) is 0.365. The highest BCUT2D eigenvalue weighted by Crippen LogP contribution is 2.58. The largest absolute Gasteiger partial charge is 0.309 e. The third kappa shape index (κ3) is 5.92. The number of hydrogen-bond donors (Lipinski definition) is 0. The van der Waals surface area contributed by atoms with Crippen molar-refractivity contribution in [3.8, 4) is 17.1 Å². The lowest BCUT2D eigenvalue weighted by atomic mass is 9.60. The van der Waals surface area contributed by atoms with Gasteiger partial charge in [-0.05, 0) is 127 Å². The Balaban J connectivity index is 0.882. The van der Waals surface area contributed by atoms with Gasteiger partial charge in [-0.25, -0.2) is 0 Å². The van der Waals surface area contributed by atoms with E-state index in [0.717, 1.165) is 11.4 Å². The molecule has 0 radical (unpaired) electrons. The number of hydrogen-bond acceptors (Lipinski definition) is 0. The van der Waals surface area contributed by atoms with Gasteiger partial charge in [0.25, 0.3) is 0 Å². The number of para-hydroxylation sites is 4. The quantitative estimate of drug-likeness (QED) is 0.112. The van der Waals surface area contributed by atoms with Crippen LogP contribution in [0.3, 0.4) is 0 Å². The van der Waals surface area contributed by atoms with Crippen LogP contribution in [0.5, 0.6) is 0 Å². The van der Waals surface area contributed by atoms with Crippen molar-refractivity contribution in [1.82, 2.24) is 13.7 Å². The van der Waals surface area contributed by atoms with Crippen LogP contribution < -0.4 is 20.7 Å². The van der Waals surface area contributed by atoms with Gasteiger partial charge >= 0.3 is 0 Å². The second kappa shape index (κ2) is 16.6. The van der Waals surface area contributed by atoms with Gasteiger partial charge in [-0.2, -0.15) is 0 Å². The van der Waals surface area contributed by atoms with Crippen LogP contribution in [-0.4, -0.2) is 21.8 Å². The summed E-state index contributed by atoms with van der Waals surface area (Å²) < 4.78 is 7.49. The van der Waals surface area contributed by atoms with Crippen molar-refractivity contribution >= 4 is 94.2 Å². The maximum atomic E-state index is 2.56. The highest BCUT2D eigenvalue weighted by Gasteiger charge is 2.44. The second-order valence-corrected chi connectivity index (χ2v) is 25.3. The Morgan fingerprint density at radius 3 is 1.13 bits per heavy atom. The highest BCUT2D eigenvalue weighted by atomic mass is 28.3. The molecule has 0 spiro atoms. The molecular weight excluding hydrogens is 959 g/mol. The minimum Gasteiger partial charge on any atom is -0.309 e. The maximum absolute atomic E-state index is 3.10. The predicted molar refractivity (Wildman–Crippen MR) is 328 cm³/mol. The normalized spacial score (nSPS) is 14.7. The molecule has 0 saturated heterocycles. The van der Waals surface area contributed by atoms with Gasteiger partial charge in [0.1, 0.15) is 0 Å². The summed E-state index contributed by atoms with van der Waals surface area (Å²) in [5, 5.41) is 13.0. The Morgan fingerprint density at radius 2 is 0.603 bits per heavy atom. The first-order chi connectivity index (χ1) is 38.7. The van der Waals surface area contributed by atoms with E-state index in [1.807, 2.05) is 0 Å². The van der Waals surface area contributed by atoms with Crippen molar-refractivity contribution in [3.05, 3.63) is 318 Å². The van der Waals surface area contributed by atoms with Crippen LogP contribution in [0.15, 0.2) is 285 Å². The number of benzene rings is 12. The van der Waals surface area contributed by atoms with Gasteiger partial charge in [0, 0.05) is 61.2 Å². The maximum Gasteiger partial charge on any atom is 0.179 e. The summed E-state index contributed by atoms with van der Waals surface area (Å²) >= 11 is 0. The molecule has 3 heterocycles. The molecule has 3 nitrogen and oxygen atoms in total. The first-order valence-corrected chi connectivity index (χ1v) is 29.3. The topological polar surface area (TPSA) is 14.8 Å². The molecule has 12 aromatic carbocycles. The Hall–Kier alpha value is -9.74. The minimum absolute atomic E-state index is 0.159. The molecule has 0 amide bonds. The molecule has 0 atom stereocenters. The molecule has 78 heavy (non-hydrogen) atoms. The van der Waals surface area contributed by atoms with Crippen LogP contribution in [0.4, 0.5) is 0 Å². The lowest BCUT2D eigenvalue weighted by Gasteiger charge is -2.42. The van der Waals surface area contributed by atoms with Gasteiger partial charge < -0.3 is 13.7 Å². The summed E-state index contributed by atoms with van der Waals surface area (Å²) in [5.41, 5.74) is 19.4. The van der Waals surface area contributed by atoms with Crippen LogP contribution in [-0.2, 0) is 0 Å². The number of rotatable bonds is 7. The Kier molecular flexibility index (Phi) is 9.27. The Morgan fingerprint density at radius 1 is 0.231 bits per heavy atom. The van der Waals surface area contributed by atoms with Gasteiger partial charge in [0.15, 0.2) is 8.07 Å². The molecule has 0 saturated carbocycles. The van der Waals surface area contributed by atoms with Crippen LogP contribution in [0.1, 0.15) is 45.2 Å². The summed E-state index contributed by atoms with van der Waals surface area (Å²) in [6.07, 6.45) is 0. The SMILES string of the molecule is c1ccc([Si](c2ccccc2)(c2cccc(-n3c4ccccc4c4cc(-n5c6ccccc6c6ccccc65)ccc43)c2)c2cccc(-n3c4ccccc4c4c5c(ccc43)C3c4ccccc4C5c4ccccc43)c2)cc1. The smallest absolute Gasteiger partial charge is 0.179 e. The second-order valence-electron chi connectivity index (χ2n) is 21.4. The Bertz CT molecular complexity index is 4800. The zero-order chi connectivity index (χ0) is 51.1. The van der Waals surface area contributed by atoms with Gasteiger partial charge in [-0.1, -0.05) is 212 Å². The number of aromatic nitrogens is 3. The Labute approximate surface area is 452 Å². The zero-order valence-corrected chi connectivity index (χ0v) is 43.6. The van der Waals surface area contributed by atoms with Crippen molar-refractivity contribution in [2.24, 2.45) is 0 Å². The zero-order valence-electron chi connectivity index (χ0n) is 42.6. The van der Waals surface area contributed by atoms with E-state index >= 15 is 0 Å². The lowest BCUT2D eigenvalue weighted by Crippen LogP contribution is -2.74. The van der Waals surface area contributed by atoms with Crippen LogP contribution in [0.2, 0.25) is 0 Å². The van der Waals surface area contributed by atoms with Crippen molar-refractivity contribution < 1.29 is 0 Å². The van der Waals surface area contributed by atoms with E-state index in [-0.39, 0.29) is 11.8 Å². The molecule has 18 rings (SSSR count). The van der Waals surface area contributed by atoms with Crippen LogP contribution in [0.25, 0.3) is 82.5 Å². The van der Waals surface area contributed by atoms with E-state index in [0.29, 0.717) is 0 Å². The fourth-order valence-electron chi connectivity index (χ4n) is 14.7. The molecule has 0 fully saturated rings. The predicted octanol–water partition coefficient (Wildman–Crippen LogP) is 15.3. The molecule has 15 aromatic rings. The third-order valence-electron chi connectivity index (χ3n) is 17.7. The molecule has 3 aromatic heterocycles. The van der Waals surface area contributed by atoms with Gasteiger partial charge in [0.05, 0.1) is 33.1 Å². The van der Waals surface area contributed by atoms with Gasteiger partial charge in [-0.3, -0.25) is 0 Å². The number of fused-ring (bicyclic) bond motifs is 9. The van der Waals surface area contributed by atoms with E-state index in [2.05, 4.69) is 299 Å². The molecule has 3 aliphatic rings. The standard InChI is InChI=1S/C74H49N3Si/c1-3-23-51(24-4-1)78(52-25-5-2-6-26-52,53-27-19-21-48(45-53)75-67-39-17-13-31-57(67)64-47-50(41-43-69(64)75)76-65-37-15-11-29-55(65)56-30-12-16-38-66(56)76)54-28-20-22-49(46-54)77-68-40-18-14-36-62(68)73-70(77)44-42-63-71-58-32-7-9-34-60(58)72(74(63)73)61-35-10-8-33-59(61)71/h1-47,71-72H. The van der Waals surface area contributed by atoms with Crippen LogP contribution >= 0.6 is 0 Å². The molecule has 0 N–H and O–H groups in total. The van der Waals surface area contributed by atoms with E-state index in [9.17, 15) is 0 Å². The van der Waals surface area contributed by atoms with E-state index in [1.54, 1.807) is 0 Å². The van der Waals surface area contributed by atoms with Crippen molar-refractivity contribution in [1.29, 1.82) is 0 Å². The summed E-state index contributed by atoms with van der Waals surface area (Å²) in [7, 11) is -3.10. The third-order valence-corrected chi connectivity index (χ3v) is 22.5. The van der Waals surface area contributed by atoms with Gasteiger partial charge in [-0.15, -0.1) is 0 Å².